The molecule has 1 aliphatic heterocycles. The highest BCUT2D eigenvalue weighted by Crippen LogP contribution is 2.42. The summed E-state index contributed by atoms with van der Waals surface area (Å²) >= 11 is 1.32. The van der Waals surface area contributed by atoms with Gasteiger partial charge in [0.15, 0.2) is 5.43 Å². The quantitative estimate of drug-likeness (QED) is 0.491. The van der Waals surface area contributed by atoms with Crippen LogP contribution in [0.5, 0.6) is 5.75 Å². The van der Waals surface area contributed by atoms with E-state index >= 15 is 0 Å². The minimum absolute atomic E-state index is 0.000283. The van der Waals surface area contributed by atoms with Gasteiger partial charge in [-0.1, -0.05) is 48.9 Å². The molecule has 4 aromatic rings. The lowest BCUT2D eigenvalue weighted by Gasteiger charge is -2.22. The Bertz CT molecular complexity index is 1420. The molecule has 1 amide bonds. The second-order valence-electron chi connectivity index (χ2n) is 8.42. The fourth-order valence-corrected chi connectivity index (χ4v) is 5.15. The zero-order valence-corrected chi connectivity index (χ0v) is 18.6. The Balaban J connectivity index is 1.75. The van der Waals surface area contributed by atoms with Crippen LogP contribution in [0.4, 0.5) is 5.13 Å². The number of rotatable bonds is 4. The summed E-state index contributed by atoms with van der Waals surface area (Å²) in [6, 6.07) is 11.1. The Labute approximate surface area is 188 Å². The number of carbonyl (C=O) groups is 1. The third-order valence-corrected chi connectivity index (χ3v) is 6.40. The van der Waals surface area contributed by atoms with Crippen molar-refractivity contribution >= 4 is 33.3 Å². The number of aryl methyl sites for hydroxylation is 1. The van der Waals surface area contributed by atoms with Crippen LogP contribution in [0.15, 0.2) is 51.7 Å². The van der Waals surface area contributed by atoms with E-state index in [0.717, 1.165) is 17.0 Å². The van der Waals surface area contributed by atoms with Gasteiger partial charge in [-0.2, -0.15) is 0 Å². The summed E-state index contributed by atoms with van der Waals surface area (Å²) in [6.07, 6.45) is 0.740. The van der Waals surface area contributed by atoms with Crippen molar-refractivity contribution in [2.45, 2.75) is 33.2 Å². The Kier molecular flexibility index (Phi) is 4.82. The molecule has 5 rings (SSSR count). The van der Waals surface area contributed by atoms with E-state index < -0.39 is 11.9 Å². The molecule has 0 saturated heterocycles. The lowest BCUT2D eigenvalue weighted by atomic mass is 9.98. The molecule has 0 fully saturated rings. The molecule has 0 saturated carbocycles. The number of anilines is 1. The van der Waals surface area contributed by atoms with Gasteiger partial charge in [0.2, 0.25) is 10.9 Å². The maximum Gasteiger partial charge on any atom is 0.297 e. The molecule has 162 valence electrons. The SMILES string of the molecule is Cc1ccc2oc3c(c(=O)c2c1)[C@H](c1cccc(O)c1)N(c1nnc(CC(C)C)s1)C3=O. The van der Waals surface area contributed by atoms with Crippen molar-refractivity contribution in [2.24, 2.45) is 5.92 Å². The summed E-state index contributed by atoms with van der Waals surface area (Å²) in [7, 11) is 0. The summed E-state index contributed by atoms with van der Waals surface area (Å²) in [5.74, 6) is -0.0106. The van der Waals surface area contributed by atoms with Gasteiger partial charge in [0.1, 0.15) is 16.3 Å². The molecular weight excluding hydrogens is 426 g/mol. The van der Waals surface area contributed by atoms with Crippen LogP contribution in [0.3, 0.4) is 0 Å². The monoisotopic (exact) mass is 447 g/mol. The zero-order chi connectivity index (χ0) is 22.6. The number of aromatic nitrogens is 2. The van der Waals surface area contributed by atoms with Gasteiger partial charge < -0.3 is 9.52 Å². The number of hydrogen-bond acceptors (Lipinski definition) is 7. The normalized spacial score (nSPS) is 15.7. The van der Waals surface area contributed by atoms with Crippen LogP contribution < -0.4 is 10.3 Å². The maximum absolute atomic E-state index is 13.6. The molecule has 0 spiro atoms. The van der Waals surface area contributed by atoms with Gasteiger partial charge in [0.05, 0.1) is 17.0 Å². The first-order valence-electron chi connectivity index (χ1n) is 10.4. The van der Waals surface area contributed by atoms with Gasteiger partial charge in [-0.25, -0.2) is 0 Å². The largest absolute Gasteiger partial charge is 0.508 e. The van der Waals surface area contributed by atoms with Crippen LogP contribution in [0, 0.1) is 12.8 Å². The summed E-state index contributed by atoms with van der Waals surface area (Å²) < 4.78 is 5.96. The van der Waals surface area contributed by atoms with E-state index in [4.69, 9.17) is 4.42 Å². The minimum Gasteiger partial charge on any atom is -0.508 e. The van der Waals surface area contributed by atoms with Gasteiger partial charge in [0.25, 0.3) is 5.91 Å². The fourth-order valence-electron chi connectivity index (χ4n) is 4.07. The first-order chi connectivity index (χ1) is 15.3. The molecule has 8 heteroatoms. The van der Waals surface area contributed by atoms with Crippen molar-refractivity contribution in [2.75, 3.05) is 4.90 Å². The number of fused-ring (bicyclic) bond motifs is 2. The van der Waals surface area contributed by atoms with Gasteiger partial charge in [-0.3, -0.25) is 14.5 Å². The lowest BCUT2D eigenvalue weighted by molar-refractivity contribution is 0.0970. The smallest absolute Gasteiger partial charge is 0.297 e. The zero-order valence-electron chi connectivity index (χ0n) is 17.8. The van der Waals surface area contributed by atoms with Crippen LogP contribution in [0.2, 0.25) is 0 Å². The number of benzene rings is 2. The number of aromatic hydroxyl groups is 1. The first kappa shape index (κ1) is 20.4. The summed E-state index contributed by atoms with van der Waals surface area (Å²) in [6.45, 7) is 6.07. The van der Waals surface area contributed by atoms with Crippen molar-refractivity contribution in [1.82, 2.24) is 10.2 Å². The van der Waals surface area contributed by atoms with Crippen molar-refractivity contribution in [3.63, 3.8) is 0 Å². The number of hydrogen-bond donors (Lipinski definition) is 1. The Morgan fingerprint density at radius 2 is 1.97 bits per heavy atom. The average molecular weight is 448 g/mol. The fraction of sp³-hybridized carbons (Fsp3) is 0.250. The average Bonchev–Trinajstić information content (AvgIpc) is 3.30. The molecule has 0 unspecified atom stereocenters. The first-order valence-corrected chi connectivity index (χ1v) is 11.2. The molecular formula is C24H21N3O4S. The highest BCUT2D eigenvalue weighted by atomic mass is 32.1. The molecule has 2 aromatic heterocycles. The van der Waals surface area contributed by atoms with Crippen molar-refractivity contribution in [3.05, 3.63) is 80.1 Å². The van der Waals surface area contributed by atoms with E-state index in [-0.39, 0.29) is 22.5 Å². The third-order valence-electron chi connectivity index (χ3n) is 5.46. The lowest BCUT2D eigenvalue weighted by Crippen LogP contribution is -2.29. The van der Waals surface area contributed by atoms with E-state index in [1.165, 1.54) is 16.2 Å². The molecule has 1 atom stereocenters. The molecule has 1 N–H and O–H groups in total. The number of carbonyl (C=O) groups excluding carboxylic acids is 1. The molecule has 7 nitrogen and oxygen atoms in total. The minimum atomic E-state index is -0.773. The summed E-state index contributed by atoms with van der Waals surface area (Å²) in [5, 5.41) is 20.2. The van der Waals surface area contributed by atoms with Gasteiger partial charge in [0, 0.05) is 6.42 Å². The van der Waals surface area contributed by atoms with E-state index in [1.807, 2.05) is 13.0 Å². The number of nitrogens with zero attached hydrogens (tertiary/aromatic N) is 3. The molecule has 0 radical (unpaired) electrons. The van der Waals surface area contributed by atoms with Gasteiger partial charge >= 0.3 is 0 Å². The highest BCUT2D eigenvalue weighted by molar-refractivity contribution is 7.15. The van der Waals surface area contributed by atoms with Crippen LogP contribution in [0.1, 0.15) is 52.1 Å². The Morgan fingerprint density at radius 3 is 2.72 bits per heavy atom. The molecule has 2 aromatic carbocycles. The molecule has 0 aliphatic carbocycles. The standard InChI is InChI=1S/C24H21N3O4S/c1-12(2)9-18-25-26-24(32-18)27-20(14-5-4-6-15(28)11-14)19-21(29)16-10-13(3)7-8-17(16)31-22(19)23(27)30/h4-8,10-12,20,28H,9H2,1-3H3/t20-/m0/s1. The van der Waals surface area contributed by atoms with E-state index in [1.54, 1.807) is 36.4 Å². The second-order valence-corrected chi connectivity index (χ2v) is 9.46. The summed E-state index contributed by atoms with van der Waals surface area (Å²) in [4.78, 5) is 28.6. The number of phenols is 1. The van der Waals surface area contributed by atoms with Gasteiger partial charge in [-0.15, -0.1) is 10.2 Å². The van der Waals surface area contributed by atoms with Crippen LogP contribution in [-0.2, 0) is 6.42 Å². The summed E-state index contributed by atoms with van der Waals surface area (Å²) in [5.41, 5.74) is 1.86. The predicted octanol–water partition coefficient (Wildman–Crippen LogP) is 4.61. The molecule has 1 aliphatic rings. The maximum atomic E-state index is 13.6. The van der Waals surface area contributed by atoms with Crippen molar-refractivity contribution in [1.29, 1.82) is 0 Å². The molecule has 3 heterocycles. The van der Waals surface area contributed by atoms with Crippen molar-refractivity contribution < 1.29 is 14.3 Å². The van der Waals surface area contributed by atoms with Crippen LogP contribution in [0.25, 0.3) is 11.0 Å². The third kappa shape index (κ3) is 3.27. The van der Waals surface area contributed by atoms with E-state index in [9.17, 15) is 14.7 Å². The molecule has 32 heavy (non-hydrogen) atoms. The van der Waals surface area contributed by atoms with Gasteiger partial charge in [-0.05, 0) is 42.7 Å². The Morgan fingerprint density at radius 1 is 1.16 bits per heavy atom. The Hall–Kier alpha value is -3.52. The molecule has 0 bridgehead atoms. The van der Waals surface area contributed by atoms with E-state index in [0.29, 0.717) is 27.6 Å². The topological polar surface area (TPSA) is 96.5 Å². The van der Waals surface area contributed by atoms with Crippen LogP contribution in [-0.4, -0.2) is 21.2 Å². The second kappa shape index (κ2) is 7.56. The highest BCUT2D eigenvalue weighted by Gasteiger charge is 2.45. The van der Waals surface area contributed by atoms with Crippen molar-refractivity contribution in [3.8, 4) is 5.75 Å². The van der Waals surface area contributed by atoms with Crippen LogP contribution >= 0.6 is 11.3 Å². The number of phenolic OH excluding ortho intramolecular Hbond substituents is 1. The predicted molar refractivity (Wildman–Crippen MR) is 122 cm³/mol. The number of amides is 1. The van der Waals surface area contributed by atoms with E-state index in [2.05, 4.69) is 24.0 Å².